The van der Waals surface area contributed by atoms with Gasteiger partial charge in [0.05, 0.1) is 26.7 Å². The lowest BCUT2D eigenvalue weighted by Crippen LogP contribution is -2.68. The number of halogens is 2. The lowest BCUT2D eigenvalue weighted by Gasteiger charge is -2.45. The maximum atomic E-state index is 14.0. The summed E-state index contributed by atoms with van der Waals surface area (Å²) in [6.45, 7) is 8.55. The highest BCUT2D eigenvalue weighted by Gasteiger charge is 2.51. The summed E-state index contributed by atoms with van der Waals surface area (Å²) in [5.41, 5.74) is 0.957. The van der Waals surface area contributed by atoms with E-state index in [0.29, 0.717) is 0 Å². The number of nitrogens with zero attached hydrogens (tertiary/aromatic N) is 2. The molecule has 0 bridgehead atoms. The summed E-state index contributed by atoms with van der Waals surface area (Å²) in [7, 11) is -7.34. The van der Waals surface area contributed by atoms with Crippen molar-refractivity contribution in [3.05, 3.63) is 119 Å². The summed E-state index contributed by atoms with van der Waals surface area (Å²) < 4.78 is 36.0. The normalized spacial score (nSPS) is 12.7. The van der Waals surface area contributed by atoms with E-state index < -0.39 is 49.4 Å². The summed E-state index contributed by atoms with van der Waals surface area (Å²) in [4.78, 5) is 27.2. The Bertz CT molecular complexity index is 1800. The van der Waals surface area contributed by atoms with Crippen LogP contribution in [0.2, 0.25) is 15.1 Å². The van der Waals surface area contributed by atoms with Gasteiger partial charge in [-0.15, -0.1) is 0 Å². The summed E-state index contributed by atoms with van der Waals surface area (Å²) in [6.07, 6.45) is -0.633. The molecule has 0 fully saturated rings. The van der Waals surface area contributed by atoms with Crippen molar-refractivity contribution in [2.75, 3.05) is 23.9 Å². The molecule has 8 nitrogen and oxygen atoms in total. The van der Waals surface area contributed by atoms with E-state index in [1.54, 1.807) is 19.1 Å². The number of sulfonamides is 1. The third-order valence-corrected chi connectivity index (χ3v) is 15.7. The van der Waals surface area contributed by atoms with E-state index in [4.69, 9.17) is 27.6 Å². The lowest BCUT2D eigenvalue weighted by atomic mass is 10.2. The van der Waals surface area contributed by atoms with Gasteiger partial charge in [0, 0.05) is 6.54 Å². The Morgan fingerprint density at radius 2 is 1.38 bits per heavy atom. The monoisotopic (exact) mass is 726 g/mol. The Labute approximate surface area is 294 Å². The first-order valence-corrected chi connectivity index (χ1v) is 19.5. The number of hydrogen-bond donors (Lipinski definition) is 1. The maximum absolute atomic E-state index is 14.0. The highest BCUT2D eigenvalue weighted by atomic mass is 35.5. The Kier molecular flexibility index (Phi) is 11.8. The summed E-state index contributed by atoms with van der Waals surface area (Å²) in [6, 6.07) is 30.4. The van der Waals surface area contributed by atoms with Crippen molar-refractivity contribution in [1.29, 1.82) is 0 Å². The average molecular weight is 728 g/mol. The van der Waals surface area contributed by atoms with Gasteiger partial charge in [0.1, 0.15) is 13.1 Å². The Morgan fingerprint density at radius 1 is 0.833 bits per heavy atom. The molecule has 1 atom stereocenters. The van der Waals surface area contributed by atoms with Crippen LogP contribution in [0.25, 0.3) is 0 Å². The molecule has 0 heterocycles. The second kappa shape index (κ2) is 15.3. The minimum absolute atomic E-state index is 0.0415. The molecule has 0 aliphatic rings. The van der Waals surface area contributed by atoms with E-state index in [0.717, 1.165) is 25.1 Å². The zero-order chi connectivity index (χ0) is 35.3. The third-order valence-electron chi connectivity index (χ3n) is 8.03. The van der Waals surface area contributed by atoms with E-state index in [2.05, 4.69) is 20.8 Å². The zero-order valence-electron chi connectivity index (χ0n) is 27.6. The van der Waals surface area contributed by atoms with Gasteiger partial charge in [-0.3, -0.25) is 13.9 Å². The molecule has 0 saturated heterocycles. The molecule has 4 rings (SSSR count). The van der Waals surface area contributed by atoms with Gasteiger partial charge in [0.15, 0.2) is 0 Å². The van der Waals surface area contributed by atoms with Crippen molar-refractivity contribution >= 4 is 69.5 Å². The highest BCUT2D eigenvalue weighted by Crippen LogP contribution is 2.38. The smallest absolute Gasteiger partial charge is 0.323 e. The molecule has 0 radical (unpaired) electrons. The largest absolute Gasteiger partial charge is 0.480 e. The first kappa shape index (κ1) is 37.2. The molecule has 0 unspecified atom stereocenters. The van der Waals surface area contributed by atoms with E-state index >= 15 is 0 Å². The molecule has 1 amide bonds. The average Bonchev–Trinajstić information content (AvgIpc) is 3.03. The number of carboxylic acid groups (broad SMARTS) is 1. The number of carbonyl (C=O) groups excluding carboxylic acids is 1. The molecule has 0 aromatic heterocycles. The van der Waals surface area contributed by atoms with Gasteiger partial charge in [-0.05, 0) is 59.6 Å². The number of rotatable bonds is 13. The van der Waals surface area contributed by atoms with Crippen molar-refractivity contribution in [3.63, 3.8) is 0 Å². The fourth-order valence-electron chi connectivity index (χ4n) is 5.77. The standard InChI is InChI=1S/C36H40Cl2N2O6SSi/c1-26-16-19-29(20-17-26)47(44,45)40(28-18-21-32(37)33(38)22-28)24-34(41)39(25-35(42)43)23-27(2)46-48(36(3,4)5,30-12-8-6-9-13-30)31-14-10-7-11-15-31/h6-22,27H,23-25H2,1-5H3,(H,42,43)/t27-/m1/s1. The van der Waals surface area contributed by atoms with Crippen LogP contribution in [0, 0.1) is 6.92 Å². The fraction of sp³-hybridized carbons (Fsp3) is 0.278. The van der Waals surface area contributed by atoms with Crippen LogP contribution in [0.1, 0.15) is 33.3 Å². The van der Waals surface area contributed by atoms with Crippen LogP contribution >= 0.6 is 23.2 Å². The maximum Gasteiger partial charge on any atom is 0.323 e. The molecule has 4 aromatic rings. The van der Waals surface area contributed by atoms with Gasteiger partial charge in [-0.2, -0.15) is 0 Å². The third kappa shape index (κ3) is 8.30. The Balaban J connectivity index is 1.72. The molecule has 4 aromatic carbocycles. The number of carboxylic acids is 1. The number of amides is 1. The molecule has 12 heteroatoms. The number of aryl methyl sites for hydroxylation is 1. The van der Waals surface area contributed by atoms with Crippen LogP contribution in [-0.4, -0.2) is 64.4 Å². The molecule has 0 spiro atoms. The first-order chi connectivity index (χ1) is 22.6. The lowest BCUT2D eigenvalue weighted by molar-refractivity contribution is -0.144. The Hall–Kier alpha value is -3.67. The van der Waals surface area contributed by atoms with Gasteiger partial charge in [0.25, 0.3) is 18.3 Å². The molecule has 0 saturated carbocycles. The molecule has 0 aliphatic heterocycles. The van der Waals surface area contributed by atoms with E-state index in [9.17, 15) is 23.1 Å². The summed E-state index contributed by atoms with van der Waals surface area (Å²) in [5.74, 6) is -1.97. The van der Waals surface area contributed by atoms with E-state index in [-0.39, 0.29) is 32.2 Å². The Morgan fingerprint density at radius 3 is 1.85 bits per heavy atom. The van der Waals surface area contributed by atoms with Crippen LogP contribution in [0.5, 0.6) is 0 Å². The van der Waals surface area contributed by atoms with Gasteiger partial charge >= 0.3 is 5.97 Å². The van der Waals surface area contributed by atoms with Crippen LogP contribution in [0.4, 0.5) is 5.69 Å². The van der Waals surface area contributed by atoms with Crippen LogP contribution in [-0.2, 0) is 24.0 Å². The second-order valence-electron chi connectivity index (χ2n) is 12.7. The van der Waals surface area contributed by atoms with Crippen LogP contribution < -0.4 is 14.7 Å². The number of carbonyl (C=O) groups is 2. The zero-order valence-corrected chi connectivity index (χ0v) is 30.9. The van der Waals surface area contributed by atoms with Gasteiger partial charge in [-0.1, -0.05) is 122 Å². The molecule has 48 heavy (non-hydrogen) atoms. The predicted molar refractivity (Wildman–Crippen MR) is 195 cm³/mol. The number of anilines is 1. The van der Waals surface area contributed by atoms with Crippen molar-refractivity contribution < 1.29 is 27.5 Å². The van der Waals surface area contributed by atoms with Crippen LogP contribution in [0.15, 0.2) is 108 Å². The van der Waals surface area contributed by atoms with Gasteiger partial charge in [0.2, 0.25) is 5.91 Å². The predicted octanol–water partition coefficient (Wildman–Crippen LogP) is 6.38. The fourth-order valence-corrected chi connectivity index (χ4v) is 12.2. The highest BCUT2D eigenvalue weighted by molar-refractivity contribution is 7.92. The number of aliphatic carboxylic acids is 1. The molecule has 1 N–H and O–H groups in total. The minimum Gasteiger partial charge on any atom is -0.480 e. The summed E-state index contributed by atoms with van der Waals surface area (Å²) in [5, 5.41) is 11.9. The van der Waals surface area contributed by atoms with Gasteiger partial charge < -0.3 is 14.4 Å². The molecule has 0 aliphatic carbocycles. The second-order valence-corrected chi connectivity index (χ2v) is 19.6. The van der Waals surface area contributed by atoms with Crippen LogP contribution in [0.3, 0.4) is 0 Å². The summed E-state index contributed by atoms with van der Waals surface area (Å²) >= 11 is 12.4. The first-order valence-electron chi connectivity index (χ1n) is 15.4. The van der Waals surface area contributed by atoms with Crippen molar-refractivity contribution in [2.45, 2.75) is 50.7 Å². The SMILES string of the molecule is Cc1ccc(S(=O)(=O)N(CC(=O)N(CC(=O)O)C[C@@H](C)O[Si](c2ccccc2)(c2ccccc2)C(C)(C)C)c2ccc(Cl)c(Cl)c2)cc1. The number of benzene rings is 4. The van der Waals surface area contributed by atoms with Crippen molar-refractivity contribution in [2.24, 2.45) is 0 Å². The molecular formula is C36H40Cl2N2O6SSi. The quantitative estimate of drug-likeness (QED) is 0.161. The van der Waals surface area contributed by atoms with E-state index in [1.165, 1.54) is 30.3 Å². The number of hydrogen-bond acceptors (Lipinski definition) is 5. The topological polar surface area (TPSA) is 104 Å². The van der Waals surface area contributed by atoms with E-state index in [1.807, 2.05) is 67.6 Å². The van der Waals surface area contributed by atoms with Gasteiger partial charge in [-0.25, -0.2) is 8.42 Å². The van der Waals surface area contributed by atoms with Crippen molar-refractivity contribution in [3.8, 4) is 0 Å². The molecule has 254 valence electrons. The molecular weight excluding hydrogens is 687 g/mol. The minimum atomic E-state index is -4.29. The van der Waals surface area contributed by atoms with Crippen molar-refractivity contribution in [1.82, 2.24) is 4.90 Å².